The summed E-state index contributed by atoms with van der Waals surface area (Å²) < 4.78 is 5.62. The highest BCUT2D eigenvalue weighted by atomic mass is 35.5. The number of rotatable bonds is 10. The fraction of sp³-hybridized carbons (Fsp3) is 0.364. The number of para-hydroxylation sites is 1. The molecular formula is C22H27ClN2O3. The van der Waals surface area contributed by atoms with E-state index < -0.39 is 6.04 Å². The van der Waals surface area contributed by atoms with Crippen LogP contribution in [0.3, 0.4) is 0 Å². The van der Waals surface area contributed by atoms with E-state index in [4.69, 9.17) is 16.3 Å². The first kappa shape index (κ1) is 21.8. The molecule has 0 aliphatic heterocycles. The molecule has 6 heteroatoms. The maximum Gasteiger partial charge on any atom is 0.261 e. The van der Waals surface area contributed by atoms with Crippen LogP contribution in [0.15, 0.2) is 54.6 Å². The number of hydrogen-bond acceptors (Lipinski definition) is 3. The van der Waals surface area contributed by atoms with Crippen LogP contribution in [-0.4, -0.2) is 35.9 Å². The molecule has 0 saturated carbocycles. The first-order chi connectivity index (χ1) is 13.6. The zero-order valence-corrected chi connectivity index (χ0v) is 17.1. The number of carbonyl (C=O) groups is 2. The van der Waals surface area contributed by atoms with Gasteiger partial charge < -0.3 is 15.0 Å². The van der Waals surface area contributed by atoms with Gasteiger partial charge in [-0.05, 0) is 36.6 Å². The monoisotopic (exact) mass is 402 g/mol. The Morgan fingerprint density at radius 2 is 1.75 bits per heavy atom. The highest BCUT2D eigenvalue weighted by molar-refractivity contribution is 6.31. The molecule has 0 fully saturated rings. The van der Waals surface area contributed by atoms with E-state index in [0.717, 1.165) is 12.0 Å². The summed E-state index contributed by atoms with van der Waals surface area (Å²) in [7, 11) is 0. The van der Waals surface area contributed by atoms with Gasteiger partial charge in [-0.3, -0.25) is 9.59 Å². The maximum atomic E-state index is 13.0. The predicted molar refractivity (Wildman–Crippen MR) is 111 cm³/mol. The van der Waals surface area contributed by atoms with Crippen LogP contribution in [0.25, 0.3) is 0 Å². The molecule has 0 spiro atoms. The van der Waals surface area contributed by atoms with Gasteiger partial charge in [0.2, 0.25) is 5.91 Å². The summed E-state index contributed by atoms with van der Waals surface area (Å²) in [5.74, 6) is 0.184. The molecule has 1 atom stereocenters. The molecule has 0 aromatic heterocycles. The second-order valence-corrected chi connectivity index (χ2v) is 6.84. The molecule has 2 aromatic rings. The van der Waals surface area contributed by atoms with Gasteiger partial charge in [0.25, 0.3) is 5.91 Å². The Morgan fingerprint density at radius 3 is 2.39 bits per heavy atom. The average molecular weight is 403 g/mol. The van der Waals surface area contributed by atoms with Crippen molar-refractivity contribution < 1.29 is 14.3 Å². The summed E-state index contributed by atoms with van der Waals surface area (Å²) >= 11 is 6.29. The molecule has 5 nitrogen and oxygen atoms in total. The fourth-order valence-corrected chi connectivity index (χ4v) is 3.04. The predicted octanol–water partition coefficient (Wildman–Crippen LogP) is 4.05. The van der Waals surface area contributed by atoms with E-state index in [-0.39, 0.29) is 25.0 Å². The SMILES string of the molecule is CCCNC(=O)[C@H](CC)N(Cc1ccccc1Cl)C(=O)COc1ccccc1. The zero-order chi connectivity index (χ0) is 20.4. The van der Waals surface area contributed by atoms with Crippen molar-refractivity contribution in [3.63, 3.8) is 0 Å². The lowest BCUT2D eigenvalue weighted by molar-refractivity contribution is -0.143. The molecule has 150 valence electrons. The molecule has 2 amide bonds. The maximum absolute atomic E-state index is 13.0. The van der Waals surface area contributed by atoms with Crippen LogP contribution < -0.4 is 10.1 Å². The highest BCUT2D eigenvalue weighted by Gasteiger charge is 2.29. The van der Waals surface area contributed by atoms with E-state index in [1.165, 1.54) is 0 Å². The number of benzene rings is 2. The zero-order valence-electron chi connectivity index (χ0n) is 16.4. The highest BCUT2D eigenvalue weighted by Crippen LogP contribution is 2.20. The van der Waals surface area contributed by atoms with Crippen LogP contribution in [0.4, 0.5) is 0 Å². The second kappa shape index (κ2) is 11.3. The summed E-state index contributed by atoms with van der Waals surface area (Å²) in [4.78, 5) is 27.2. The number of hydrogen-bond donors (Lipinski definition) is 1. The Labute approximate surface area is 171 Å². The number of amides is 2. The molecule has 0 aliphatic rings. The Hall–Kier alpha value is -2.53. The average Bonchev–Trinajstić information content (AvgIpc) is 2.72. The van der Waals surface area contributed by atoms with Gasteiger partial charge in [0.05, 0.1) is 0 Å². The molecule has 0 bridgehead atoms. The number of nitrogens with zero attached hydrogens (tertiary/aromatic N) is 1. The third kappa shape index (κ3) is 6.27. The number of carbonyl (C=O) groups excluding carboxylic acids is 2. The Kier molecular flexibility index (Phi) is 8.82. The van der Waals surface area contributed by atoms with Gasteiger partial charge in [0.1, 0.15) is 11.8 Å². The van der Waals surface area contributed by atoms with Crippen molar-refractivity contribution in [1.29, 1.82) is 0 Å². The van der Waals surface area contributed by atoms with Crippen molar-refractivity contribution in [3.05, 3.63) is 65.2 Å². The van der Waals surface area contributed by atoms with Gasteiger partial charge >= 0.3 is 0 Å². The van der Waals surface area contributed by atoms with Crippen molar-refractivity contribution in [2.24, 2.45) is 0 Å². The fourth-order valence-electron chi connectivity index (χ4n) is 2.84. The lowest BCUT2D eigenvalue weighted by Crippen LogP contribution is -2.50. The van der Waals surface area contributed by atoms with Gasteiger partial charge in [-0.1, -0.05) is 61.8 Å². The first-order valence-electron chi connectivity index (χ1n) is 9.55. The standard InChI is InChI=1S/C22H27ClN2O3/c1-3-14-24-22(27)20(4-2)25(15-17-10-8-9-13-19(17)23)21(26)16-28-18-11-6-5-7-12-18/h5-13,20H,3-4,14-16H2,1-2H3,(H,24,27)/t20-/m0/s1. The lowest BCUT2D eigenvalue weighted by atomic mass is 10.1. The Balaban J connectivity index is 2.19. The summed E-state index contributed by atoms with van der Waals surface area (Å²) in [5.41, 5.74) is 0.791. The third-order valence-corrected chi connectivity index (χ3v) is 4.71. The lowest BCUT2D eigenvalue weighted by Gasteiger charge is -2.30. The largest absolute Gasteiger partial charge is 0.484 e. The van der Waals surface area contributed by atoms with Gasteiger partial charge in [0, 0.05) is 18.1 Å². The molecule has 0 saturated heterocycles. The molecule has 0 radical (unpaired) electrons. The van der Waals surface area contributed by atoms with Gasteiger partial charge in [-0.2, -0.15) is 0 Å². The van der Waals surface area contributed by atoms with Crippen LogP contribution in [0.2, 0.25) is 5.02 Å². The van der Waals surface area contributed by atoms with E-state index in [9.17, 15) is 9.59 Å². The smallest absolute Gasteiger partial charge is 0.261 e. The molecule has 0 heterocycles. The van der Waals surface area contributed by atoms with Crippen molar-refractivity contribution in [3.8, 4) is 5.75 Å². The molecular weight excluding hydrogens is 376 g/mol. The van der Waals surface area contributed by atoms with Crippen molar-refractivity contribution in [1.82, 2.24) is 10.2 Å². The number of ether oxygens (including phenoxy) is 1. The molecule has 2 aromatic carbocycles. The van der Waals surface area contributed by atoms with E-state index in [1.807, 2.05) is 50.2 Å². The minimum absolute atomic E-state index is 0.147. The van der Waals surface area contributed by atoms with E-state index in [0.29, 0.717) is 23.7 Å². The summed E-state index contributed by atoms with van der Waals surface area (Å²) in [6, 6.07) is 15.9. The molecule has 2 rings (SSSR count). The van der Waals surface area contributed by atoms with Gasteiger partial charge in [-0.15, -0.1) is 0 Å². The van der Waals surface area contributed by atoms with Crippen LogP contribution >= 0.6 is 11.6 Å². The van der Waals surface area contributed by atoms with Crippen molar-refractivity contribution in [2.75, 3.05) is 13.2 Å². The first-order valence-corrected chi connectivity index (χ1v) is 9.93. The second-order valence-electron chi connectivity index (χ2n) is 6.43. The quantitative estimate of drug-likeness (QED) is 0.652. The third-order valence-electron chi connectivity index (χ3n) is 4.34. The molecule has 28 heavy (non-hydrogen) atoms. The summed E-state index contributed by atoms with van der Waals surface area (Å²) in [5, 5.41) is 3.45. The van der Waals surface area contributed by atoms with Crippen LogP contribution in [0.1, 0.15) is 32.3 Å². The number of nitrogens with one attached hydrogen (secondary N) is 1. The van der Waals surface area contributed by atoms with Gasteiger partial charge in [-0.25, -0.2) is 0 Å². The normalized spacial score (nSPS) is 11.5. The Bertz CT molecular complexity index is 767. The van der Waals surface area contributed by atoms with E-state index >= 15 is 0 Å². The van der Waals surface area contributed by atoms with Crippen LogP contribution in [0, 0.1) is 0 Å². The minimum atomic E-state index is -0.588. The molecule has 1 N–H and O–H groups in total. The van der Waals surface area contributed by atoms with E-state index in [1.54, 1.807) is 23.1 Å². The van der Waals surface area contributed by atoms with Crippen LogP contribution in [-0.2, 0) is 16.1 Å². The van der Waals surface area contributed by atoms with Gasteiger partial charge in [0.15, 0.2) is 6.61 Å². The van der Waals surface area contributed by atoms with E-state index in [2.05, 4.69) is 5.32 Å². The van der Waals surface area contributed by atoms with Crippen molar-refractivity contribution in [2.45, 2.75) is 39.3 Å². The number of halogens is 1. The van der Waals surface area contributed by atoms with Crippen molar-refractivity contribution >= 4 is 23.4 Å². The topological polar surface area (TPSA) is 58.6 Å². The minimum Gasteiger partial charge on any atom is -0.484 e. The molecule has 0 unspecified atom stereocenters. The Morgan fingerprint density at radius 1 is 1.07 bits per heavy atom. The molecule has 0 aliphatic carbocycles. The summed E-state index contributed by atoms with van der Waals surface area (Å²) in [6.45, 7) is 4.55. The summed E-state index contributed by atoms with van der Waals surface area (Å²) in [6.07, 6.45) is 1.33. The van der Waals surface area contributed by atoms with Crippen LogP contribution in [0.5, 0.6) is 5.75 Å².